The Morgan fingerprint density at radius 2 is 2.12 bits per heavy atom. The molecule has 0 saturated carbocycles. The van der Waals surface area contributed by atoms with Gasteiger partial charge in [-0.3, -0.25) is 15.1 Å². The summed E-state index contributed by atoms with van der Waals surface area (Å²) in [7, 11) is 1.94. The van der Waals surface area contributed by atoms with Crippen LogP contribution in [0.5, 0.6) is 0 Å². The first kappa shape index (κ1) is 12.2. The summed E-state index contributed by atoms with van der Waals surface area (Å²) in [5.41, 5.74) is 3.74. The van der Waals surface area contributed by atoms with E-state index in [4.69, 9.17) is 12.3 Å². The number of rotatable bonds is 4. The lowest BCUT2D eigenvalue weighted by Gasteiger charge is -2.13. The fourth-order valence-electron chi connectivity index (χ4n) is 1.37. The molecule has 0 saturated heterocycles. The first-order valence-corrected chi connectivity index (χ1v) is 4.89. The smallest absolute Gasteiger partial charge is 0.265 e. The number of nitrogens with two attached hydrogens (primary N) is 1. The Morgan fingerprint density at radius 3 is 2.62 bits per heavy atom. The third kappa shape index (κ3) is 3.39. The number of terminal acetylenes is 1. The van der Waals surface area contributed by atoms with Gasteiger partial charge in [-0.1, -0.05) is 18.1 Å². The lowest BCUT2D eigenvalue weighted by molar-refractivity contribution is 0.0953. The zero-order valence-electron chi connectivity index (χ0n) is 9.23. The van der Waals surface area contributed by atoms with Crippen molar-refractivity contribution >= 4 is 5.91 Å². The molecule has 0 aliphatic rings. The summed E-state index contributed by atoms with van der Waals surface area (Å²) in [6.07, 6.45) is 5.21. The molecule has 0 aliphatic carbocycles. The minimum absolute atomic E-state index is 0.288. The zero-order chi connectivity index (χ0) is 12.0. The SMILES string of the molecule is C#CCN(C)Cc1ccc(C(=O)NN)cc1. The molecule has 0 bridgehead atoms. The van der Waals surface area contributed by atoms with Crippen molar-refractivity contribution in [3.63, 3.8) is 0 Å². The monoisotopic (exact) mass is 217 g/mol. The molecule has 0 unspecified atom stereocenters. The van der Waals surface area contributed by atoms with Gasteiger partial charge in [-0.25, -0.2) is 5.84 Å². The van der Waals surface area contributed by atoms with Crippen molar-refractivity contribution in [1.29, 1.82) is 0 Å². The number of hydrogen-bond donors (Lipinski definition) is 2. The van der Waals surface area contributed by atoms with Crippen LogP contribution < -0.4 is 11.3 Å². The van der Waals surface area contributed by atoms with E-state index in [9.17, 15) is 4.79 Å². The number of nitrogens with one attached hydrogen (secondary N) is 1. The summed E-state index contributed by atoms with van der Waals surface area (Å²) in [6, 6.07) is 7.25. The molecule has 0 aromatic heterocycles. The summed E-state index contributed by atoms with van der Waals surface area (Å²) in [6.45, 7) is 1.36. The Morgan fingerprint density at radius 1 is 1.50 bits per heavy atom. The largest absolute Gasteiger partial charge is 0.291 e. The highest BCUT2D eigenvalue weighted by Crippen LogP contribution is 2.06. The van der Waals surface area contributed by atoms with E-state index in [1.165, 1.54) is 0 Å². The summed E-state index contributed by atoms with van der Waals surface area (Å²) in [5.74, 6) is 7.32. The number of hydrogen-bond acceptors (Lipinski definition) is 3. The highest BCUT2D eigenvalue weighted by Gasteiger charge is 2.03. The number of nitrogen functional groups attached to an aromatic ring is 1. The van der Waals surface area contributed by atoms with Gasteiger partial charge >= 0.3 is 0 Å². The van der Waals surface area contributed by atoms with Crippen molar-refractivity contribution in [3.05, 3.63) is 35.4 Å². The van der Waals surface area contributed by atoms with Crippen LogP contribution in [0.2, 0.25) is 0 Å². The van der Waals surface area contributed by atoms with E-state index in [1.807, 2.05) is 24.1 Å². The predicted molar refractivity (Wildman–Crippen MR) is 63.3 cm³/mol. The third-order valence-corrected chi connectivity index (χ3v) is 2.16. The van der Waals surface area contributed by atoms with Crippen molar-refractivity contribution in [3.8, 4) is 12.3 Å². The van der Waals surface area contributed by atoms with Gasteiger partial charge in [0.2, 0.25) is 0 Å². The second kappa shape index (κ2) is 5.91. The molecule has 84 valence electrons. The van der Waals surface area contributed by atoms with Gasteiger partial charge in [0.05, 0.1) is 6.54 Å². The normalized spacial score (nSPS) is 9.88. The van der Waals surface area contributed by atoms with E-state index < -0.39 is 0 Å². The predicted octanol–water partition coefficient (Wildman–Crippen LogP) is 0.355. The van der Waals surface area contributed by atoms with E-state index in [0.29, 0.717) is 12.1 Å². The molecule has 0 radical (unpaired) electrons. The van der Waals surface area contributed by atoms with Crippen LogP contribution in [-0.2, 0) is 6.54 Å². The van der Waals surface area contributed by atoms with Gasteiger partial charge in [-0.2, -0.15) is 0 Å². The lowest BCUT2D eigenvalue weighted by atomic mass is 10.1. The van der Waals surface area contributed by atoms with E-state index in [1.54, 1.807) is 12.1 Å². The van der Waals surface area contributed by atoms with E-state index >= 15 is 0 Å². The standard InChI is InChI=1S/C12H15N3O/c1-3-8-15(2)9-10-4-6-11(7-5-10)12(16)14-13/h1,4-7H,8-9,13H2,2H3,(H,14,16). The number of hydrazine groups is 1. The van der Waals surface area contributed by atoms with Crippen LogP contribution in [0.25, 0.3) is 0 Å². The van der Waals surface area contributed by atoms with E-state index in [0.717, 1.165) is 12.1 Å². The molecule has 1 aromatic rings. The maximum Gasteiger partial charge on any atom is 0.265 e. The van der Waals surface area contributed by atoms with Gasteiger partial charge in [0, 0.05) is 12.1 Å². The quantitative estimate of drug-likeness (QED) is 0.331. The maximum absolute atomic E-state index is 11.2. The highest BCUT2D eigenvalue weighted by molar-refractivity contribution is 5.93. The molecule has 0 spiro atoms. The van der Waals surface area contributed by atoms with Gasteiger partial charge in [-0.15, -0.1) is 6.42 Å². The average molecular weight is 217 g/mol. The lowest BCUT2D eigenvalue weighted by Crippen LogP contribution is -2.29. The van der Waals surface area contributed by atoms with Gasteiger partial charge < -0.3 is 0 Å². The molecule has 16 heavy (non-hydrogen) atoms. The van der Waals surface area contributed by atoms with Gasteiger partial charge in [-0.05, 0) is 24.7 Å². The second-order valence-corrected chi connectivity index (χ2v) is 3.55. The number of carbonyl (C=O) groups is 1. The summed E-state index contributed by atoms with van der Waals surface area (Å²) in [4.78, 5) is 13.2. The molecular weight excluding hydrogens is 202 g/mol. The Labute approximate surface area is 95.4 Å². The van der Waals surface area contributed by atoms with Gasteiger partial charge in [0.25, 0.3) is 5.91 Å². The number of carbonyl (C=O) groups excluding carboxylic acids is 1. The average Bonchev–Trinajstić information content (AvgIpc) is 2.29. The van der Waals surface area contributed by atoms with Crippen LogP contribution in [0, 0.1) is 12.3 Å². The molecular formula is C12H15N3O. The van der Waals surface area contributed by atoms with E-state index in [2.05, 4.69) is 11.3 Å². The van der Waals surface area contributed by atoms with Crippen LogP contribution >= 0.6 is 0 Å². The second-order valence-electron chi connectivity index (χ2n) is 3.55. The molecule has 1 rings (SSSR count). The van der Waals surface area contributed by atoms with Crippen molar-refractivity contribution in [2.75, 3.05) is 13.6 Å². The third-order valence-electron chi connectivity index (χ3n) is 2.16. The number of benzene rings is 1. The number of amides is 1. The van der Waals surface area contributed by atoms with Crippen molar-refractivity contribution < 1.29 is 4.79 Å². The fourth-order valence-corrected chi connectivity index (χ4v) is 1.37. The summed E-state index contributed by atoms with van der Waals surface area (Å²) < 4.78 is 0. The van der Waals surface area contributed by atoms with Crippen LogP contribution in [0.15, 0.2) is 24.3 Å². The minimum Gasteiger partial charge on any atom is -0.291 e. The first-order valence-electron chi connectivity index (χ1n) is 4.89. The molecule has 0 fully saturated rings. The molecule has 4 heteroatoms. The molecule has 0 aliphatic heterocycles. The molecule has 0 atom stereocenters. The Hall–Kier alpha value is -1.83. The minimum atomic E-state index is -0.288. The highest BCUT2D eigenvalue weighted by atomic mass is 16.2. The molecule has 1 aromatic carbocycles. The Balaban J connectivity index is 2.65. The van der Waals surface area contributed by atoms with E-state index in [-0.39, 0.29) is 5.91 Å². The summed E-state index contributed by atoms with van der Waals surface area (Å²) in [5, 5.41) is 0. The maximum atomic E-state index is 11.2. The summed E-state index contributed by atoms with van der Waals surface area (Å²) >= 11 is 0. The van der Waals surface area contributed by atoms with Crippen molar-refractivity contribution in [2.24, 2.45) is 5.84 Å². The number of nitrogens with zero attached hydrogens (tertiary/aromatic N) is 1. The Bertz CT molecular complexity index is 392. The van der Waals surface area contributed by atoms with Gasteiger partial charge in [0.15, 0.2) is 0 Å². The van der Waals surface area contributed by atoms with Crippen LogP contribution in [0.4, 0.5) is 0 Å². The van der Waals surface area contributed by atoms with Gasteiger partial charge in [0.1, 0.15) is 0 Å². The van der Waals surface area contributed by atoms with Crippen molar-refractivity contribution in [1.82, 2.24) is 10.3 Å². The topological polar surface area (TPSA) is 58.4 Å². The first-order chi connectivity index (χ1) is 7.67. The molecule has 3 N–H and O–H groups in total. The molecule has 0 heterocycles. The molecule has 4 nitrogen and oxygen atoms in total. The molecule has 1 amide bonds. The zero-order valence-corrected chi connectivity index (χ0v) is 9.23. The Kier molecular flexibility index (Phi) is 4.52. The van der Waals surface area contributed by atoms with Crippen LogP contribution in [0.3, 0.4) is 0 Å². The van der Waals surface area contributed by atoms with Crippen molar-refractivity contribution in [2.45, 2.75) is 6.54 Å². The van der Waals surface area contributed by atoms with Crippen LogP contribution in [0.1, 0.15) is 15.9 Å². The fraction of sp³-hybridized carbons (Fsp3) is 0.250. The van der Waals surface area contributed by atoms with Crippen LogP contribution in [-0.4, -0.2) is 24.4 Å².